The molecule has 0 spiro atoms. The molecule has 0 saturated heterocycles. The van der Waals surface area contributed by atoms with Gasteiger partial charge in [-0.25, -0.2) is 0 Å². The Hall–Kier alpha value is 0.905. The summed E-state index contributed by atoms with van der Waals surface area (Å²) in [6, 6.07) is 1.37. The van der Waals surface area contributed by atoms with Gasteiger partial charge in [0, 0.05) is 29.1 Å². The zero-order valence-electron chi connectivity index (χ0n) is 6.03. The van der Waals surface area contributed by atoms with Gasteiger partial charge in [-0.3, -0.25) is 0 Å². The van der Waals surface area contributed by atoms with Gasteiger partial charge in [0.05, 0.1) is 0 Å². The molecule has 0 aliphatic heterocycles. The first-order valence-electron chi connectivity index (χ1n) is 2.85. The Bertz CT molecular complexity index is 47.0. The van der Waals surface area contributed by atoms with Gasteiger partial charge in [-0.2, -0.15) is 6.42 Å². The Labute approximate surface area is 68.3 Å². The Morgan fingerprint density at radius 2 is 1.62 bits per heavy atom. The van der Waals surface area contributed by atoms with Crippen molar-refractivity contribution in [3.63, 3.8) is 0 Å². The third kappa shape index (κ3) is 10.0. The van der Waals surface area contributed by atoms with Crippen molar-refractivity contribution in [3.05, 3.63) is 6.92 Å². The number of hydrogen-bond acceptors (Lipinski definition) is 0. The molecule has 0 rings (SSSR count). The first-order valence-corrected chi connectivity index (χ1v) is 6.56. The molecule has 0 aromatic carbocycles. The van der Waals surface area contributed by atoms with Gasteiger partial charge in [0.1, 0.15) is 0 Å². The van der Waals surface area contributed by atoms with Crippen molar-refractivity contribution in [1.82, 2.24) is 0 Å². The van der Waals surface area contributed by atoms with Crippen molar-refractivity contribution < 1.29 is 21.1 Å². The summed E-state index contributed by atoms with van der Waals surface area (Å²) in [5, 5.41) is 0. The summed E-state index contributed by atoms with van der Waals surface area (Å²) in [5.74, 6) is 0. The molecule has 0 radical (unpaired) electrons. The third-order valence-corrected chi connectivity index (χ3v) is 2.78. The van der Waals surface area contributed by atoms with E-state index in [1.54, 1.807) is 0 Å². The summed E-state index contributed by atoms with van der Waals surface area (Å²) in [6.07, 6.45) is 1.12. The van der Waals surface area contributed by atoms with E-state index in [2.05, 4.69) is 26.6 Å². The quantitative estimate of drug-likeness (QED) is 0.543. The molecule has 0 amide bonds. The van der Waals surface area contributed by atoms with Crippen molar-refractivity contribution in [1.29, 1.82) is 0 Å². The molecule has 2 heteroatoms. The van der Waals surface area contributed by atoms with E-state index in [0.717, 1.165) is 6.42 Å². The molecular formula is C6H15SiW-. The van der Waals surface area contributed by atoms with E-state index >= 15 is 0 Å². The fourth-order valence-electron chi connectivity index (χ4n) is 0.530. The summed E-state index contributed by atoms with van der Waals surface area (Å²) < 4.78 is 0. The zero-order chi connectivity index (χ0) is 5.91. The van der Waals surface area contributed by atoms with Crippen molar-refractivity contribution in [3.8, 4) is 0 Å². The minimum absolute atomic E-state index is 0. The van der Waals surface area contributed by atoms with Gasteiger partial charge < -0.3 is 6.92 Å². The van der Waals surface area contributed by atoms with E-state index in [1.165, 1.54) is 6.04 Å². The van der Waals surface area contributed by atoms with Crippen LogP contribution in [0.4, 0.5) is 0 Å². The predicted octanol–water partition coefficient (Wildman–Crippen LogP) is 2.55. The minimum Gasteiger partial charge on any atom is -0.344 e. The van der Waals surface area contributed by atoms with Crippen LogP contribution in [0.5, 0.6) is 0 Å². The molecule has 0 unspecified atom stereocenters. The fourth-order valence-corrected chi connectivity index (χ4v) is 1.59. The first-order chi connectivity index (χ1) is 3.06. The molecule has 0 aromatic heterocycles. The van der Waals surface area contributed by atoms with Gasteiger partial charge >= 0.3 is 0 Å². The van der Waals surface area contributed by atoms with Crippen LogP contribution in [-0.4, -0.2) is 8.07 Å². The van der Waals surface area contributed by atoms with Crippen LogP contribution < -0.4 is 0 Å². The van der Waals surface area contributed by atoms with E-state index in [9.17, 15) is 0 Å². The number of rotatable bonds is 2. The Morgan fingerprint density at radius 3 is 1.62 bits per heavy atom. The van der Waals surface area contributed by atoms with Crippen molar-refractivity contribution in [2.75, 3.05) is 0 Å². The predicted molar refractivity (Wildman–Crippen MR) is 38.1 cm³/mol. The van der Waals surface area contributed by atoms with Crippen LogP contribution in [0.3, 0.4) is 0 Å². The second-order valence-electron chi connectivity index (χ2n) is 3.16. The first kappa shape index (κ1) is 11.7. The molecule has 0 aliphatic carbocycles. The summed E-state index contributed by atoms with van der Waals surface area (Å²) in [4.78, 5) is 0. The Morgan fingerprint density at radius 1 is 1.25 bits per heavy atom. The maximum absolute atomic E-state index is 3.81. The third-order valence-electron chi connectivity index (χ3n) is 0.927. The largest absolute Gasteiger partial charge is 0.344 e. The molecule has 0 nitrogen and oxygen atoms in total. The smallest absolute Gasteiger partial charge is 0.0417 e. The minimum atomic E-state index is -0.720. The van der Waals surface area contributed by atoms with E-state index in [-0.39, 0.29) is 21.1 Å². The van der Waals surface area contributed by atoms with Gasteiger partial charge in [-0.05, 0) is 0 Å². The monoisotopic (exact) mass is 299 g/mol. The topological polar surface area (TPSA) is 0 Å². The molecule has 0 bridgehead atoms. The van der Waals surface area contributed by atoms with Crippen LogP contribution in [0.15, 0.2) is 0 Å². The normalized spacial score (nSPS) is 10.5. The van der Waals surface area contributed by atoms with Crippen LogP contribution in [0.2, 0.25) is 25.7 Å². The molecule has 8 heavy (non-hydrogen) atoms. The summed E-state index contributed by atoms with van der Waals surface area (Å²) in [7, 11) is -0.720. The molecule has 0 saturated carbocycles. The van der Waals surface area contributed by atoms with Crippen LogP contribution in [0.1, 0.15) is 6.42 Å². The maximum Gasteiger partial charge on any atom is 0.0417 e. The van der Waals surface area contributed by atoms with Gasteiger partial charge in [-0.1, -0.05) is 25.7 Å². The molecule has 0 aliphatic rings. The Balaban J connectivity index is 0. The average molecular weight is 299 g/mol. The van der Waals surface area contributed by atoms with Crippen LogP contribution in [0.25, 0.3) is 0 Å². The average Bonchev–Trinajstić information content (AvgIpc) is 1.30. The van der Waals surface area contributed by atoms with E-state index < -0.39 is 8.07 Å². The van der Waals surface area contributed by atoms with E-state index in [0.29, 0.717) is 0 Å². The van der Waals surface area contributed by atoms with Crippen molar-refractivity contribution in [2.45, 2.75) is 32.1 Å². The summed E-state index contributed by atoms with van der Waals surface area (Å²) in [5.41, 5.74) is 0. The van der Waals surface area contributed by atoms with Gasteiger partial charge in [-0.15, -0.1) is 0 Å². The summed E-state index contributed by atoms with van der Waals surface area (Å²) in [6.45, 7) is 10.9. The molecule has 0 atom stereocenters. The van der Waals surface area contributed by atoms with Crippen molar-refractivity contribution >= 4 is 8.07 Å². The Kier molecular flexibility index (Phi) is 6.93. The van der Waals surface area contributed by atoms with Crippen molar-refractivity contribution in [2.24, 2.45) is 0 Å². The van der Waals surface area contributed by atoms with Gasteiger partial charge in [0.25, 0.3) is 0 Å². The SMILES string of the molecule is [CH2-]CC[Si](C)(C)C.[W]. The fraction of sp³-hybridized carbons (Fsp3) is 0.833. The molecule has 0 heterocycles. The molecule has 50 valence electrons. The molecular weight excluding hydrogens is 284 g/mol. The van der Waals surface area contributed by atoms with Gasteiger partial charge in [0.2, 0.25) is 0 Å². The van der Waals surface area contributed by atoms with Crippen LogP contribution >= 0.6 is 0 Å². The second kappa shape index (κ2) is 4.75. The zero-order valence-corrected chi connectivity index (χ0v) is 9.96. The van der Waals surface area contributed by atoms with Gasteiger partial charge in [0.15, 0.2) is 0 Å². The number of hydrogen-bond donors (Lipinski definition) is 0. The molecule has 0 N–H and O–H groups in total. The molecule has 0 fully saturated rings. The van der Waals surface area contributed by atoms with Crippen LogP contribution in [-0.2, 0) is 21.1 Å². The van der Waals surface area contributed by atoms with E-state index in [1.807, 2.05) is 0 Å². The molecule has 0 aromatic rings. The standard InChI is InChI=1S/C6H15Si.W/c1-5-6-7(2,3)4;/h1,5-6H2,2-4H3;/q-1;. The van der Waals surface area contributed by atoms with E-state index in [4.69, 9.17) is 0 Å². The van der Waals surface area contributed by atoms with Crippen LogP contribution in [0, 0.1) is 6.92 Å². The summed E-state index contributed by atoms with van der Waals surface area (Å²) >= 11 is 0. The maximum atomic E-state index is 3.81. The second-order valence-corrected chi connectivity index (χ2v) is 8.79.